The minimum absolute atomic E-state index is 0.502. The first-order valence-corrected chi connectivity index (χ1v) is 7.51. The number of hydrogen-bond acceptors (Lipinski definition) is 2. The van der Waals surface area contributed by atoms with Crippen LogP contribution in [0.1, 0.15) is 19.4 Å². The summed E-state index contributed by atoms with van der Waals surface area (Å²) in [5, 5.41) is 9.09. The molecule has 2 heterocycles. The molecule has 3 aromatic rings. The summed E-state index contributed by atoms with van der Waals surface area (Å²) < 4.78 is 4.27. The van der Waals surface area contributed by atoms with Gasteiger partial charge in [0, 0.05) is 48.6 Å². The standard InChI is InChI=1S/C17H22N4/c1-14(2)18-13-15-5-3-6-17-16(15)7-10-20(17)11-12-21-9-4-8-19-21/h3-10,14,18H,11-13H2,1-2H3. The van der Waals surface area contributed by atoms with Gasteiger partial charge in [-0.1, -0.05) is 26.0 Å². The fraction of sp³-hybridized carbons (Fsp3) is 0.353. The van der Waals surface area contributed by atoms with Gasteiger partial charge in [-0.05, 0) is 23.8 Å². The molecule has 0 amide bonds. The van der Waals surface area contributed by atoms with Crippen molar-refractivity contribution in [2.24, 2.45) is 0 Å². The van der Waals surface area contributed by atoms with Crippen LogP contribution in [0.3, 0.4) is 0 Å². The second kappa shape index (κ2) is 6.14. The fourth-order valence-electron chi connectivity index (χ4n) is 2.59. The highest BCUT2D eigenvalue weighted by Gasteiger charge is 2.06. The predicted molar refractivity (Wildman–Crippen MR) is 86.1 cm³/mol. The van der Waals surface area contributed by atoms with E-state index in [0.29, 0.717) is 6.04 Å². The van der Waals surface area contributed by atoms with Crippen molar-refractivity contribution < 1.29 is 0 Å². The Kier molecular flexibility index (Phi) is 4.06. The largest absolute Gasteiger partial charge is 0.346 e. The predicted octanol–water partition coefficient (Wildman–Crippen LogP) is 3.04. The van der Waals surface area contributed by atoms with Crippen LogP contribution in [0.4, 0.5) is 0 Å². The minimum Gasteiger partial charge on any atom is -0.346 e. The summed E-state index contributed by atoms with van der Waals surface area (Å²) in [6.45, 7) is 7.10. The van der Waals surface area contributed by atoms with Gasteiger partial charge in [-0.2, -0.15) is 5.10 Å². The van der Waals surface area contributed by atoms with E-state index < -0.39 is 0 Å². The summed E-state index contributed by atoms with van der Waals surface area (Å²) >= 11 is 0. The van der Waals surface area contributed by atoms with E-state index in [2.05, 4.69) is 59.3 Å². The molecule has 0 radical (unpaired) electrons. The van der Waals surface area contributed by atoms with Crippen molar-refractivity contribution >= 4 is 10.9 Å². The van der Waals surface area contributed by atoms with Gasteiger partial charge >= 0.3 is 0 Å². The van der Waals surface area contributed by atoms with Crippen LogP contribution >= 0.6 is 0 Å². The van der Waals surface area contributed by atoms with Crippen LogP contribution in [0.2, 0.25) is 0 Å². The van der Waals surface area contributed by atoms with Crippen molar-refractivity contribution in [3.63, 3.8) is 0 Å². The fourth-order valence-corrected chi connectivity index (χ4v) is 2.59. The lowest BCUT2D eigenvalue weighted by Gasteiger charge is -2.10. The Labute approximate surface area is 125 Å². The molecule has 0 saturated heterocycles. The van der Waals surface area contributed by atoms with Gasteiger partial charge in [-0.3, -0.25) is 4.68 Å². The van der Waals surface area contributed by atoms with Gasteiger partial charge in [0.25, 0.3) is 0 Å². The van der Waals surface area contributed by atoms with Crippen molar-refractivity contribution in [1.82, 2.24) is 19.7 Å². The zero-order valence-electron chi connectivity index (χ0n) is 12.7. The normalized spacial score (nSPS) is 11.6. The zero-order valence-corrected chi connectivity index (χ0v) is 12.7. The number of aromatic nitrogens is 3. The lowest BCUT2D eigenvalue weighted by atomic mass is 10.1. The molecule has 1 aromatic carbocycles. The molecule has 0 atom stereocenters. The summed E-state index contributed by atoms with van der Waals surface area (Å²) in [6, 6.07) is 11.2. The third kappa shape index (κ3) is 3.16. The summed E-state index contributed by atoms with van der Waals surface area (Å²) in [6.07, 6.45) is 6.00. The Balaban J connectivity index is 1.79. The molecule has 4 nitrogen and oxygen atoms in total. The molecule has 0 fully saturated rings. The van der Waals surface area contributed by atoms with Crippen molar-refractivity contribution in [2.75, 3.05) is 0 Å². The lowest BCUT2D eigenvalue weighted by molar-refractivity contribution is 0.543. The summed E-state index contributed by atoms with van der Waals surface area (Å²) in [5.74, 6) is 0. The lowest BCUT2D eigenvalue weighted by Crippen LogP contribution is -2.21. The van der Waals surface area contributed by atoms with Gasteiger partial charge in [-0.25, -0.2) is 0 Å². The molecule has 3 rings (SSSR count). The molecular weight excluding hydrogens is 260 g/mol. The molecule has 21 heavy (non-hydrogen) atoms. The number of hydrogen-bond donors (Lipinski definition) is 1. The number of nitrogens with one attached hydrogen (secondary N) is 1. The summed E-state index contributed by atoms with van der Waals surface area (Å²) in [5.41, 5.74) is 2.66. The topological polar surface area (TPSA) is 34.8 Å². The first-order chi connectivity index (χ1) is 10.2. The van der Waals surface area contributed by atoms with E-state index in [0.717, 1.165) is 19.6 Å². The number of nitrogens with zero attached hydrogens (tertiary/aromatic N) is 3. The van der Waals surface area contributed by atoms with E-state index in [4.69, 9.17) is 0 Å². The molecule has 0 unspecified atom stereocenters. The van der Waals surface area contributed by atoms with Gasteiger partial charge in [0.05, 0.1) is 6.54 Å². The van der Waals surface area contributed by atoms with Crippen molar-refractivity contribution in [1.29, 1.82) is 0 Å². The molecule has 0 aliphatic heterocycles. The average Bonchev–Trinajstić information content (AvgIpc) is 3.12. The van der Waals surface area contributed by atoms with Crippen LogP contribution in [0.25, 0.3) is 10.9 Å². The molecule has 0 spiro atoms. The highest BCUT2D eigenvalue weighted by molar-refractivity contribution is 5.83. The smallest absolute Gasteiger partial charge is 0.0588 e. The molecule has 1 N–H and O–H groups in total. The number of rotatable bonds is 6. The highest BCUT2D eigenvalue weighted by atomic mass is 15.3. The van der Waals surface area contributed by atoms with Gasteiger partial charge in [0.1, 0.15) is 0 Å². The van der Waals surface area contributed by atoms with Gasteiger partial charge in [-0.15, -0.1) is 0 Å². The second-order valence-corrected chi connectivity index (χ2v) is 5.66. The van der Waals surface area contributed by atoms with Crippen LogP contribution in [0.5, 0.6) is 0 Å². The molecule has 0 aliphatic rings. The Morgan fingerprint density at radius 3 is 2.76 bits per heavy atom. The van der Waals surface area contributed by atoms with E-state index in [1.54, 1.807) is 0 Å². The zero-order chi connectivity index (χ0) is 14.7. The van der Waals surface area contributed by atoms with Crippen molar-refractivity contribution in [2.45, 2.75) is 39.5 Å². The Bertz CT molecular complexity index is 695. The van der Waals surface area contributed by atoms with Crippen molar-refractivity contribution in [3.05, 3.63) is 54.5 Å². The van der Waals surface area contributed by atoms with E-state index in [9.17, 15) is 0 Å². The van der Waals surface area contributed by atoms with Crippen LogP contribution in [-0.2, 0) is 19.6 Å². The van der Waals surface area contributed by atoms with E-state index in [1.807, 2.05) is 23.1 Å². The van der Waals surface area contributed by atoms with Crippen LogP contribution in [-0.4, -0.2) is 20.4 Å². The highest BCUT2D eigenvalue weighted by Crippen LogP contribution is 2.20. The number of aryl methyl sites for hydroxylation is 2. The average molecular weight is 282 g/mol. The maximum atomic E-state index is 4.26. The number of benzene rings is 1. The molecule has 0 aliphatic carbocycles. The van der Waals surface area contributed by atoms with Gasteiger partial charge in [0.2, 0.25) is 0 Å². The molecular formula is C17H22N4. The Morgan fingerprint density at radius 1 is 1.10 bits per heavy atom. The Hall–Kier alpha value is -2.07. The maximum Gasteiger partial charge on any atom is 0.0588 e. The van der Waals surface area contributed by atoms with E-state index in [-0.39, 0.29) is 0 Å². The summed E-state index contributed by atoms with van der Waals surface area (Å²) in [4.78, 5) is 0. The number of fused-ring (bicyclic) bond motifs is 1. The maximum absolute atomic E-state index is 4.26. The molecule has 2 aromatic heterocycles. The van der Waals surface area contributed by atoms with Crippen LogP contribution in [0.15, 0.2) is 48.9 Å². The molecule has 0 saturated carbocycles. The minimum atomic E-state index is 0.502. The third-order valence-corrected chi connectivity index (χ3v) is 3.73. The van der Waals surface area contributed by atoms with Gasteiger partial charge < -0.3 is 9.88 Å². The quantitative estimate of drug-likeness (QED) is 0.754. The van der Waals surface area contributed by atoms with E-state index in [1.165, 1.54) is 16.5 Å². The molecule has 0 bridgehead atoms. The SMILES string of the molecule is CC(C)NCc1cccc2c1ccn2CCn1cccn1. The molecule has 110 valence electrons. The first kappa shape index (κ1) is 13.9. The summed E-state index contributed by atoms with van der Waals surface area (Å²) in [7, 11) is 0. The van der Waals surface area contributed by atoms with Crippen molar-refractivity contribution in [3.8, 4) is 0 Å². The second-order valence-electron chi connectivity index (χ2n) is 5.66. The monoisotopic (exact) mass is 282 g/mol. The van der Waals surface area contributed by atoms with Gasteiger partial charge in [0.15, 0.2) is 0 Å². The van der Waals surface area contributed by atoms with Crippen LogP contribution < -0.4 is 5.32 Å². The first-order valence-electron chi connectivity index (χ1n) is 7.51. The van der Waals surface area contributed by atoms with E-state index >= 15 is 0 Å². The Morgan fingerprint density at radius 2 is 2.00 bits per heavy atom. The molecule has 4 heteroatoms. The van der Waals surface area contributed by atoms with Crippen LogP contribution in [0, 0.1) is 0 Å². The third-order valence-electron chi connectivity index (χ3n) is 3.73.